The number of halogens is 2. The second kappa shape index (κ2) is 4.47. The summed E-state index contributed by atoms with van der Waals surface area (Å²) in [6, 6.07) is 0. The van der Waals surface area contributed by atoms with Crippen LogP contribution in [0, 0.1) is 5.92 Å². The zero-order chi connectivity index (χ0) is 10.8. The molecule has 1 aliphatic heterocycles. The van der Waals surface area contributed by atoms with E-state index in [1.54, 1.807) is 4.90 Å². The van der Waals surface area contributed by atoms with E-state index in [1.165, 1.54) is 18.7 Å². The van der Waals surface area contributed by atoms with Gasteiger partial charge in [0, 0.05) is 25.4 Å². The quantitative estimate of drug-likeness (QED) is 0.712. The van der Waals surface area contributed by atoms with Gasteiger partial charge in [0.1, 0.15) is 0 Å². The summed E-state index contributed by atoms with van der Waals surface area (Å²) in [5.41, 5.74) is 0. The minimum Gasteiger partial charge on any atom is -0.341 e. The smallest absolute Gasteiger partial charge is 0.254 e. The molecule has 1 rings (SSSR count). The molecule has 0 saturated carbocycles. The van der Waals surface area contributed by atoms with Crippen molar-refractivity contribution in [1.29, 1.82) is 0 Å². The third-order valence-corrected chi connectivity index (χ3v) is 3.09. The van der Waals surface area contributed by atoms with E-state index in [-0.39, 0.29) is 25.4 Å². The molecule has 0 N–H and O–H groups in total. The lowest BCUT2D eigenvalue weighted by molar-refractivity contribution is -0.141. The summed E-state index contributed by atoms with van der Waals surface area (Å²) in [5, 5.41) is 0. The van der Waals surface area contributed by atoms with E-state index < -0.39 is 11.8 Å². The lowest BCUT2D eigenvalue weighted by Gasteiger charge is -2.36. The second-order valence-corrected chi connectivity index (χ2v) is 4.55. The highest BCUT2D eigenvalue weighted by Gasteiger charge is 2.41. The van der Waals surface area contributed by atoms with Crippen LogP contribution in [0.15, 0.2) is 0 Å². The molecule has 1 aliphatic rings. The van der Waals surface area contributed by atoms with Crippen molar-refractivity contribution in [2.45, 2.75) is 19.3 Å². The second-order valence-electron chi connectivity index (χ2n) is 3.68. The molecule has 0 aromatic carbocycles. The summed E-state index contributed by atoms with van der Waals surface area (Å²) in [6.45, 7) is 1.88. The molecule has 0 aromatic rings. The SMILES string of the molecule is CSCC(=O)N1CCC(F)(F)[C@H](C)C1. The number of thioether (sulfide) groups is 1. The van der Waals surface area contributed by atoms with E-state index in [2.05, 4.69) is 0 Å². The summed E-state index contributed by atoms with van der Waals surface area (Å²) in [4.78, 5) is 13.0. The predicted octanol–water partition coefficient (Wildman–Crippen LogP) is 1.85. The molecule has 1 heterocycles. The van der Waals surface area contributed by atoms with Gasteiger partial charge in [0.05, 0.1) is 5.75 Å². The summed E-state index contributed by atoms with van der Waals surface area (Å²) >= 11 is 1.43. The largest absolute Gasteiger partial charge is 0.341 e. The number of nitrogens with zero attached hydrogens (tertiary/aromatic N) is 1. The molecule has 2 nitrogen and oxygen atoms in total. The van der Waals surface area contributed by atoms with Crippen LogP contribution in [0.3, 0.4) is 0 Å². The molecule has 0 bridgehead atoms. The zero-order valence-corrected chi connectivity index (χ0v) is 9.24. The van der Waals surface area contributed by atoms with E-state index in [9.17, 15) is 13.6 Å². The number of hydrogen-bond acceptors (Lipinski definition) is 2. The molecule has 1 saturated heterocycles. The van der Waals surface area contributed by atoms with E-state index in [0.717, 1.165) is 0 Å². The van der Waals surface area contributed by atoms with Crippen LogP contribution in [-0.4, -0.2) is 41.8 Å². The monoisotopic (exact) mass is 223 g/mol. The summed E-state index contributed by atoms with van der Waals surface area (Å²) in [6.07, 6.45) is 1.63. The lowest BCUT2D eigenvalue weighted by Crippen LogP contribution is -2.48. The van der Waals surface area contributed by atoms with Gasteiger partial charge < -0.3 is 4.90 Å². The number of alkyl halides is 2. The molecular weight excluding hydrogens is 208 g/mol. The van der Waals surface area contributed by atoms with Gasteiger partial charge >= 0.3 is 0 Å². The molecule has 5 heteroatoms. The minimum atomic E-state index is -2.60. The Kier molecular flexibility index (Phi) is 3.75. The van der Waals surface area contributed by atoms with Crippen LogP contribution in [0.4, 0.5) is 8.78 Å². The molecule has 0 aliphatic carbocycles. The van der Waals surface area contributed by atoms with E-state index in [0.29, 0.717) is 5.75 Å². The summed E-state index contributed by atoms with van der Waals surface area (Å²) < 4.78 is 26.2. The van der Waals surface area contributed by atoms with Gasteiger partial charge in [0.15, 0.2) is 0 Å². The molecule has 1 atom stereocenters. The maximum atomic E-state index is 13.1. The van der Waals surface area contributed by atoms with Crippen LogP contribution >= 0.6 is 11.8 Å². The van der Waals surface area contributed by atoms with Crippen molar-refractivity contribution >= 4 is 17.7 Å². The Morgan fingerprint density at radius 2 is 2.29 bits per heavy atom. The third kappa shape index (κ3) is 2.59. The van der Waals surface area contributed by atoms with E-state index in [1.807, 2.05) is 6.26 Å². The van der Waals surface area contributed by atoms with Crippen LogP contribution in [0.5, 0.6) is 0 Å². The number of amides is 1. The average molecular weight is 223 g/mol. The number of likely N-dealkylation sites (tertiary alicyclic amines) is 1. The van der Waals surface area contributed by atoms with Crippen LogP contribution in [0.25, 0.3) is 0 Å². The average Bonchev–Trinajstić information content (AvgIpc) is 2.10. The summed E-state index contributed by atoms with van der Waals surface area (Å²) in [7, 11) is 0. The van der Waals surface area contributed by atoms with E-state index >= 15 is 0 Å². The number of rotatable bonds is 2. The number of carbonyl (C=O) groups excluding carboxylic acids is 1. The first-order valence-corrected chi connectivity index (χ1v) is 6.01. The number of carbonyl (C=O) groups is 1. The Hall–Kier alpha value is -0.320. The fourth-order valence-corrected chi connectivity index (χ4v) is 1.96. The maximum Gasteiger partial charge on any atom is 0.254 e. The highest BCUT2D eigenvalue weighted by atomic mass is 32.2. The first-order chi connectivity index (χ1) is 6.47. The van der Waals surface area contributed by atoms with Crippen LogP contribution < -0.4 is 0 Å². The van der Waals surface area contributed by atoms with Crippen molar-refractivity contribution in [2.75, 3.05) is 25.1 Å². The van der Waals surface area contributed by atoms with Crippen molar-refractivity contribution in [3.63, 3.8) is 0 Å². The topological polar surface area (TPSA) is 20.3 Å². The molecule has 1 fully saturated rings. The molecule has 82 valence electrons. The zero-order valence-electron chi connectivity index (χ0n) is 8.43. The van der Waals surface area contributed by atoms with Crippen LogP contribution in [0.1, 0.15) is 13.3 Å². The Morgan fingerprint density at radius 3 is 2.79 bits per heavy atom. The number of hydrogen-bond donors (Lipinski definition) is 0. The summed E-state index contributed by atoms with van der Waals surface area (Å²) in [5.74, 6) is -2.96. The van der Waals surface area contributed by atoms with Crippen LogP contribution in [0.2, 0.25) is 0 Å². The van der Waals surface area contributed by atoms with Gasteiger partial charge in [-0.2, -0.15) is 11.8 Å². The van der Waals surface area contributed by atoms with Gasteiger partial charge in [-0.1, -0.05) is 6.92 Å². The third-order valence-electron chi connectivity index (χ3n) is 2.55. The van der Waals surface area contributed by atoms with E-state index in [4.69, 9.17) is 0 Å². The fraction of sp³-hybridized carbons (Fsp3) is 0.889. The standard InChI is InChI=1S/C9H15F2NOS/c1-7-5-12(8(13)6-14-2)4-3-9(7,10)11/h7H,3-6H2,1-2H3/t7-/m1/s1. The van der Waals surface area contributed by atoms with Gasteiger partial charge in [-0.15, -0.1) is 0 Å². The Labute approximate surface area is 87.0 Å². The van der Waals surface area contributed by atoms with Crippen molar-refractivity contribution in [2.24, 2.45) is 5.92 Å². The molecule has 0 unspecified atom stereocenters. The van der Waals surface area contributed by atoms with Gasteiger partial charge in [-0.25, -0.2) is 8.78 Å². The Bertz CT molecular complexity index is 223. The van der Waals surface area contributed by atoms with Gasteiger partial charge in [0.2, 0.25) is 5.91 Å². The van der Waals surface area contributed by atoms with Gasteiger partial charge in [-0.3, -0.25) is 4.79 Å². The first-order valence-electron chi connectivity index (χ1n) is 4.62. The number of piperidine rings is 1. The molecule has 0 aromatic heterocycles. The fourth-order valence-electron chi connectivity index (χ4n) is 1.53. The van der Waals surface area contributed by atoms with Crippen molar-refractivity contribution in [3.05, 3.63) is 0 Å². The van der Waals surface area contributed by atoms with Gasteiger partial charge in [0.25, 0.3) is 5.92 Å². The minimum absolute atomic E-state index is 0.0279. The first kappa shape index (κ1) is 11.8. The normalized spacial score (nSPS) is 26.3. The van der Waals surface area contributed by atoms with Crippen molar-refractivity contribution in [1.82, 2.24) is 4.90 Å². The maximum absolute atomic E-state index is 13.1. The Balaban J connectivity index is 2.50. The van der Waals surface area contributed by atoms with Gasteiger partial charge in [-0.05, 0) is 6.26 Å². The Morgan fingerprint density at radius 1 is 1.64 bits per heavy atom. The highest BCUT2D eigenvalue weighted by Crippen LogP contribution is 2.32. The highest BCUT2D eigenvalue weighted by molar-refractivity contribution is 7.99. The predicted molar refractivity (Wildman–Crippen MR) is 53.7 cm³/mol. The van der Waals surface area contributed by atoms with Crippen molar-refractivity contribution < 1.29 is 13.6 Å². The molecule has 0 radical (unpaired) electrons. The molecule has 14 heavy (non-hydrogen) atoms. The lowest BCUT2D eigenvalue weighted by atomic mass is 9.95. The molecule has 0 spiro atoms. The molecular formula is C9H15F2NOS. The van der Waals surface area contributed by atoms with Crippen molar-refractivity contribution in [3.8, 4) is 0 Å². The van der Waals surface area contributed by atoms with Crippen LogP contribution in [-0.2, 0) is 4.79 Å². The molecule has 1 amide bonds.